The molecule has 1 amide bonds. The first-order valence-electron chi connectivity index (χ1n) is 9.78. The fourth-order valence-electron chi connectivity index (χ4n) is 3.85. The number of piperidine rings is 1. The van der Waals surface area contributed by atoms with Crippen molar-refractivity contribution in [1.82, 2.24) is 19.7 Å². The number of nitrogens with one attached hydrogen (secondary N) is 1. The average Bonchev–Trinajstić information content (AvgIpc) is 3.10. The summed E-state index contributed by atoms with van der Waals surface area (Å²) in [6, 6.07) is 13.9. The first kappa shape index (κ1) is 19.1. The number of aromatic amines is 1. The molecule has 150 valence electrons. The van der Waals surface area contributed by atoms with E-state index >= 15 is 0 Å². The molecule has 0 unspecified atom stereocenters. The number of H-pyrrole nitrogens is 1. The van der Waals surface area contributed by atoms with Gasteiger partial charge in [-0.2, -0.15) is 5.10 Å². The highest BCUT2D eigenvalue weighted by Crippen LogP contribution is 2.27. The van der Waals surface area contributed by atoms with Crippen LogP contribution in [0.15, 0.2) is 53.3 Å². The number of likely N-dealkylation sites (tertiary alicyclic amines) is 1. The molecule has 0 radical (unpaired) electrons. The summed E-state index contributed by atoms with van der Waals surface area (Å²) < 4.78 is 15.0. The van der Waals surface area contributed by atoms with E-state index in [9.17, 15) is 14.0 Å². The van der Waals surface area contributed by atoms with Gasteiger partial charge in [-0.15, -0.1) is 0 Å². The summed E-state index contributed by atoms with van der Waals surface area (Å²) in [5.41, 5.74) is 2.33. The zero-order chi connectivity index (χ0) is 20.4. The van der Waals surface area contributed by atoms with Gasteiger partial charge >= 0.3 is 5.69 Å². The lowest BCUT2D eigenvalue weighted by atomic mass is 9.95. The third-order valence-electron chi connectivity index (χ3n) is 5.45. The topological polar surface area (TPSA) is 71.0 Å². The SMILES string of the molecule is Cc1ccc(-n2c(C3CCN(C(=O)Cc4cccc(F)c4)CC3)n[nH]c2=O)cc1. The van der Waals surface area contributed by atoms with Gasteiger partial charge in [0, 0.05) is 19.0 Å². The summed E-state index contributed by atoms with van der Waals surface area (Å²) in [6.07, 6.45) is 1.65. The molecule has 1 aromatic heterocycles. The number of aromatic nitrogens is 3. The lowest BCUT2D eigenvalue weighted by Gasteiger charge is -2.31. The summed E-state index contributed by atoms with van der Waals surface area (Å²) in [5.74, 6) is 0.457. The lowest BCUT2D eigenvalue weighted by Crippen LogP contribution is -2.39. The molecule has 0 bridgehead atoms. The number of hydrogen-bond donors (Lipinski definition) is 1. The van der Waals surface area contributed by atoms with Crippen molar-refractivity contribution in [2.75, 3.05) is 13.1 Å². The Morgan fingerprint density at radius 1 is 1.17 bits per heavy atom. The van der Waals surface area contributed by atoms with Crippen molar-refractivity contribution in [3.8, 4) is 5.69 Å². The van der Waals surface area contributed by atoms with Crippen molar-refractivity contribution in [3.63, 3.8) is 0 Å². The van der Waals surface area contributed by atoms with Gasteiger partial charge in [-0.05, 0) is 49.6 Å². The molecule has 6 nitrogen and oxygen atoms in total. The fourth-order valence-corrected chi connectivity index (χ4v) is 3.85. The fraction of sp³-hybridized carbons (Fsp3) is 0.318. The molecule has 0 atom stereocenters. The Morgan fingerprint density at radius 3 is 2.59 bits per heavy atom. The molecule has 2 aromatic carbocycles. The second kappa shape index (κ2) is 8.03. The van der Waals surface area contributed by atoms with E-state index in [2.05, 4.69) is 10.2 Å². The molecular formula is C22H23FN4O2. The quantitative estimate of drug-likeness (QED) is 0.740. The van der Waals surface area contributed by atoms with Crippen molar-refractivity contribution in [2.24, 2.45) is 0 Å². The van der Waals surface area contributed by atoms with Crippen LogP contribution >= 0.6 is 0 Å². The second-order valence-electron chi connectivity index (χ2n) is 7.52. The van der Waals surface area contributed by atoms with E-state index in [0.29, 0.717) is 24.5 Å². The zero-order valence-electron chi connectivity index (χ0n) is 16.3. The van der Waals surface area contributed by atoms with Crippen LogP contribution in [0.1, 0.15) is 35.7 Å². The van der Waals surface area contributed by atoms with Gasteiger partial charge in [0.25, 0.3) is 0 Å². The van der Waals surface area contributed by atoms with Crippen molar-refractivity contribution in [3.05, 3.63) is 81.8 Å². The van der Waals surface area contributed by atoms with Gasteiger partial charge in [0.05, 0.1) is 12.1 Å². The highest BCUT2D eigenvalue weighted by molar-refractivity contribution is 5.78. The summed E-state index contributed by atoms with van der Waals surface area (Å²) in [4.78, 5) is 26.7. The number of amides is 1. The number of halogens is 1. The van der Waals surface area contributed by atoms with Crippen LogP contribution in [0.4, 0.5) is 4.39 Å². The Bertz CT molecular complexity index is 1060. The summed E-state index contributed by atoms with van der Waals surface area (Å²) in [6.45, 7) is 3.18. The maximum Gasteiger partial charge on any atom is 0.347 e. The third-order valence-corrected chi connectivity index (χ3v) is 5.45. The predicted molar refractivity (Wildman–Crippen MR) is 108 cm³/mol. The number of hydrogen-bond acceptors (Lipinski definition) is 3. The molecule has 0 spiro atoms. The van der Waals surface area contributed by atoms with Crippen molar-refractivity contribution < 1.29 is 9.18 Å². The molecule has 1 N–H and O–H groups in total. The molecule has 1 aliphatic heterocycles. The van der Waals surface area contributed by atoms with Crippen molar-refractivity contribution in [2.45, 2.75) is 32.1 Å². The Kier molecular flexibility index (Phi) is 5.29. The minimum atomic E-state index is -0.332. The first-order valence-corrected chi connectivity index (χ1v) is 9.78. The van der Waals surface area contributed by atoms with Crippen LogP contribution < -0.4 is 5.69 Å². The van der Waals surface area contributed by atoms with Gasteiger partial charge in [0.1, 0.15) is 11.6 Å². The van der Waals surface area contributed by atoms with Crippen LogP contribution in [-0.4, -0.2) is 38.7 Å². The Balaban J connectivity index is 1.44. The van der Waals surface area contributed by atoms with Gasteiger partial charge in [-0.1, -0.05) is 29.8 Å². The van der Waals surface area contributed by atoms with E-state index in [1.54, 1.807) is 16.7 Å². The Labute approximate surface area is 168 Å². The van der Waals surface area contributed by atoms with Crippen LogP contribution in [-0.2, 0) is 11.2 Å². The van der Waals surface area contributed by atoms with E-state index in [4.69, 9.17) is 0 Å². The average molecular weight is 394 g/mol. The summed E-state index contributed by atoms with van der Waals surface area (Å²) in [7, 11) is 0. The maximum absolute atomic E-state index is 13.3. The molecule has 29 heavy (non-hydrogen) atoms. The molecule has 2 heterocycles. The first-order chi connectivity index (χ1) is 14.0. The monoisotopic (exact) mass is 394 g/mol. The van der Waals surface area contributed by atoms with Gasteiger partial charge < -0.3 is 4.90 Å². The number of nitrogens with zero attached hydrogens (tertiary/aromatic N) is 3. The normalized spacial score (nSPS) is 14.9. The second-order valence-corrected chi connectivity index (χ2v) is 7.52. The molecule has 3 aromatic rings. The molecule has 0 aliphatic carbocycles. The predicted octanol–water partition coefficient (Wildman–Crippen LogP) is 2.96. The standard InChI is InChI=1S/C22H23FN4O2/c1-15-5-7-19(8-6-15)27-21(24-25-22(27)29)17-9-11-26(12-10-17)20(28)14-16-3-2-4-18(23)13-16/h2-8,13,17H,9-12,14H2,1H3,(H,25,29). The molecule has 1 aliphatic rings. The van der Waals surface area contributed by atoms with Crippen LogP contribution in [0.3, 0.4) is 0 Å². The summed E-state index contributed by atoms with van der Waals surface area (Å²) in [5, 5.41) is 6.83. The highest BCUT2D eigenvalue weighted by Gasteiger charge is 2.28. The number of benzene rings is 2. The smallest absolute Gasteiger partial charge is 0.342 e. The van der Waals surface area contributed by atoms with Gasteiger partial charge in [0.2, 0.25) is 5.91 Å². The van der Waals surface area contributed by atoms with Crippen LogP contribution in [0.2, 0.25) is 0 Å². The molecular weight excluding hydrogens is 371 g/mol. The minimum absolute atomic E-state index is 0.00740. The number of carbonyl (C=O) groups is 1. The number of aryl methyl sites for hydroxylation is 1. The Morgan fingerprint density at radius 2 is 1.90 bits per heavy atom. The van der Waals surface area contributed by atoms with Crippen LogP contribution in [0.5, 0.6) is 0 Å². The molecule has 7 heteroatoms. The molecule has 0 saturated carbocycles. The van der Waals surface area contributed by atoms with Crippen molar-refractivity contribution in [1.29, 1.82) is 0 Å². The van der Waals surface area contributed by atoms with Crippen LogP contribution in [0, 0.1) is 12.7 Å². The largest absolute Gasteiger partial charge is 0.347 e. The van der Waals surface area contributed by atoms with E-state index in [1.807, 2.05) is 36.1 Å². The van der Waals surface area contributed by atoms with E-state index < -0.39 is 0 Å². The molecule has 1 saturated heterocycles. The van der Waals surface area contributed by atoms with Gasteiger partial charge in [-0.3, -0.25) is 4.79 Å². The van der Waals surface area contributed by atoms with Gasteiger partial charge in [0.15, 0.2) is 0 Å². The van der Waals surface area contributed by atoms with E-state index in [0.717, 1.165) is 24.1 Å². The van der Waals surface area contributed by atoms with Crippen molar-refractivity contribution >= 4 is 5.91 Å². The third kappa shape index (κ3) is 4.13. The zero-order valence-corrected chi connectivity index (χ0v) is 16.3. The lowest BCUT2D eigenvalue weighted by molar-refractivity contribution is -0.131. The highest BCUT2D eigenvalue weighted by atomic mass is 19.1. The maximum atomic E-state index is 13.3. The van der Waals surface area contributed by atoms with E-state index in [-0.39, 0.29) is 29.8 Å². The minimum Gasteiger partial charge on any atom is -0.342 e. The number of carbonyl (C=O) groups excluding carboxylic acids is 1. The molecule has 4 rings (SSSR count). The molecule has 1 fully saturated rings. The Hall–Kier alpha value is -3.22. The van der Waals surface area contributed by atoms with Gasteiger partial charge in [-0.25, -0.2) is 18.9 Å². The number of rotatable bonds is 4. The van der Waals surface area contributed by atoms with Crippen LogP contribution in [0.25, 0.3) is 5.69 Å². The van der Waals surface area contributed by atoms with E-state index in [1.165, 1.54) is 12.1 Å². The summed E-state index contributed by atoms with van der Waals surface area (Å²) >= 11 is 0.